The number of piperazine rings is 1. The molecule has 0 aromatic carbocycles. The molecule has 0 radical (unpaired) electrons. The van der Waals surface area contributed by atoms with Gasteiger partial charge in [0.1, 0.15) is 12.1 Å². The van der Waals surface area contributed by atoms with Gasteiger partial charge in [0.05, 0.1) is 25.3 Å². The lowest BCUT2D eigenvalue weighted by Crippen LogP contribution is -2.72. The van der Waals surface area contributed by atoms with Crippen molar-refractivity contribution in [2.45, 2.75) is 23.2 Å². The van der Waals surface area contributed by atoms with Crippen molar-refractivity contribution in [3.8, 4) is 18.2 Å². The summed E-state index contributed by atoms with van der Waals surface area (Å²) in [7, 11) is 1.32. The highest BCUT2D eigenvalue weighted by atomic mass is 32.1. The lowest BCUT2D eigenvalue weighted by molar-refractivity contribution is 0.174. The van der Waals surface area contributed by atoms with Gasteiger partial charge >= 0.3 is 0 Å². The van der Waals surface area contributed by atoms with Crippen LogP contribution in [0.1, 0.15) is 23.2 Å². The summed E-state index contributed by atoms with van der Waals surface area (Å²) in [5.41, 5.74) is -1.79. The van der Waals surface area contributed by atoms with E-state index in [0.717, 1.165) is 0 Å². The number of hydrogen-bond donors (Lipinski definition) is 3. The van der Waals surface area contributed by atoms with E-state index in [0.29, 0.717) is 11.1 Å². The maximum atomic E-state index is 10.0. The van der Waals surface area contributed by atoms with Crippen molar-refractivity contribution in [2.75, 3.05) is 7.11 Å². The molecule has 0 aliphatic carbocycles. The number of rotatable bonds is 3. The van der Waals surface area contributed by atoms with Crippen LogP contribution in [0.4, 0.5) is 0 Å². The van der Waals surface area contributed by atoms with Crippen LogP contribution in [-0.4, -0.2) is 24.1 Å². The summed E-state index contributed by atoms with van der Waals surface area (Å²) in [5.74, 6) is -0.284. The number of ether oxygens (including phenoxy) is 1. The standard InChI is InChI=1S/C17H14N6OS2/c1-24-15(21)17(10-20)14(12-3-5-26-7-12)22-16(8-18,9-19)13(23-17)11-2-4-25-6-11/h2-7,13-14,21-23H,1H3. The molecule has 1 fully saturated rings. The van der Waals surface area contributed by atoms with Gasteiger partial charge in [0.2, 0.25) is 17.0 Å². The minimum Gasteiger partial charge on any atom is -0.482 e. The second kappa shape index (κ2) is 6.87. The first-order valence-corrected chi connectivity index (χ1v) is 9.42. The zero-order chi connectivity index (χ0) is 18.8. The lowest BCUT2D eigenvalue weighted by Gasteiger charge is -2.48. The van der Waals surface area contributed by atoms with E-state index in [-0.39, 0.29) is 5.90 Å². The van der Waals surface area contributed by atoms with Gasteiger partial charge in [0, 0.05) is 0 Å². The first-order valence-electron chi connectivity index (χ1n) is 7.53. The summed E-state index contributed by atoms with van der Waals surface area (Å²) in [4.78, 5) is 0. The van der Waals surface area contributed by atoms with Crippen LogP contribution in [-0.2, 0) is 4.74 Å². The van der Waals surface area contributed by atoms with E-state index < -0.39 is 23.2 Å². The zero-order valence-corrected chi connectivity index (χ0v) is 15.3. The fourth-order valence-electron chi connectivity index (χ4n) is 3.11. The molecular weight excluding hydrogens is 368 g/mol. The average molecular weight is 382 g/mol. The van der Waals surface area contributed by atoms with Gasteiger partial charge in [-0.25, -0.2) is 0 Å². The Morgan fingerprint density at radius 3 is 2.04 bits per heavy atom. The average Bonchev–Trinajstić information content (AvgIpc) is 3.40. The molecule has 3 rings (SSSR count). The second-order valence-electron chi connectivity index (χ2n) is 5.75. The Labute approximate surface area is 158 Å². The predicted molar refractivity (Wildman–Crippen MR) is 97.4 cm³/mol. The molecule has 130 valence electrons. The normalized spacial score (nSPS) is 26.8. The highest BCUT2D eigenvalue weighted by molar-refractivity contribution is 7.08. The van der Waals surface area contributed by atoms with Gasteiger partial charge in [-0.15, -0.1) is 0 Å². The molecule has 3 heterocycles. The highest BCUT2D eigenvalue weighted by Crippen LogP contribution is 2.41. The summed E-state index contributed by atoms with van der Waals surface area (Å²) in [6.45, 7) is 0. The smallest absolute Gasteiger partial charge is 0.218 e. The van der Waals surface area contributed by atoms with Crippen molar-refractivity contribution in [2.24, 2.45) is 0 Å². The Balaban J connectivity index is 2.21. The molecule has 0 amide bonds. The van der Waals surface area contributed by atoms with Gasteiger partial charge < -0.3 is 4.74 Å². The fourth-order valence-corrected chi connectivity index (χ4v) is 4.48. The molecule has 3 unspecified atom stereocenters. The van der Waals surface area contributed by atoms with Crippen molar-refractivity contribution in [1.82, 2.24) is 10.6 Å². The van der Waals surface area contributed by atoms with Crippen LogP contribution in [0, 0.1) is 39.4 Å². The van der Waals surface area contributed by atoms with Crippen LogP contribution in [0.15, 0.2) is 33.7 Å². The van der Waals surface area contributed by atoms with Crippen LogP contribution in [0.2, 0.25) is 0 Å². The van der Waals surface area contributed by atoms with Crippen LogP contribution >= 0.6 is 22.7 Å². The topological polar surface area (TPSA) is 129 Å². The molecule has 1 saturated heterocycles. The molecular formula is C17H14N6OS2. The number of methoxy groups -OCH3 is 1. The zero-order valence-electron chi connectivity index (χ0n) is 13.7. The fraction of sp³-hybridized carbons (Fsp3) is 0.294. The maximum absolute atomic E-state index is 10.0. The summed E-state index contributed by atoms with van der Waals surface area (Å²) < 4.78 is 5.11. The van der Waals surface area contributed by atoms with Gasteiger partial charge in [-0.2, -0.15) is 38.5 Å². The predicted octanol–water partition coefficient (Wildman–Crippen LogP) is 2.46. The SMILES string of the molecule is COC(=N)C1(C#N)NC(c2ccsc2)C(C#N)(C#N)NC1c1ccsc1. The molecule has 9 heteroatoms. The van der Waals surface area contributed by atoms with Gasteiger partial charge in [-0.05, 0) is 44.8 Å². The van der Waals surface area contributed by atoms with E-state index in [1.54, 1.807) is 12.1 Å². The molecule has 2 aromatic heterocycles. The Morgan fingerprint density at radius 2 is 1.62 bits per heavy atom. The lowest BCUT2D eigenvalue weighted by atomic mass is 9.75. The number of hydrogen-bond acceptors (Lipinski definition) is 9. The third kappa shape index (κ3) is 2.57. The molecule has 2 aromatic rings. The molecule has 7 nitrogen and oxygen atoms in total. The van der Waals surface area contributed by atoms with E-state index in [1.165, 1.54) is 29.8 Å². The Hall–Kier alpha value is -2.74. The monoisotopic (exact) mass is 382 g/mol. The van der Waals surface area contributed by atoms with Crippen molar-refractivity contribution in [3.63, 3.8) is 0 Å². The van der Waals surface area contributed by atoms with Crippen LogP contribution in [0.3, 0.4) is 0 Å². The third-order valence-electron chi connectivity index (χ3n) is 4.45. The van der Waals surface area contributed by atoms with Crippen molar-refractivity contribution < 1.29 is 4.74 Å². The number of nitrogens with one attached hydrogen (secondary N) is 3. The summed E-state index contributed by atoms with van der Waals surface area (Å²) in [6.07, 6.45) is 0. The molecule has 3 N–H and O–H groups in total. The summed E-state index contributed by atoms with van der Waals surface area (Å²) in [5, 5.41) is 51.4. The molecule has 3 atom stereocenters. The summed E-state index contributed by atoms with van der Waals surface area (Å²) in [6, 6.07) is 8.26. The number of nitriles is 3. The van der Waals surface area contributed by atoms with Gasteiger partial charge in [-0.1, -0.05) is 0 Å². The van der Waals surface area contributed by atoms with Crippen molar-refractivity contribution in [1.29, 1.82) is 21.2 Å². The molecule has 1 aliphatic heterocycles. The highest BCUT2D eigenvalue weighted by Gasteiger charge is 2.59. The Kier molecular flexibility index (Phi) is 4.78. The summed E-state index contributed by atoms with van der Waals surface area (Å²) >= 11 is 2.85. The van der Waals surface area contributed by atoms with E-state index in [4.69, 9.17) is 10.1 Å². The first-order chi connectivity index (χ1) is 12.6. The second-order valence-corrected chi connectivity index (χ2v) is 7.31. The maximum Gasteiger partial charge on any atom is 0.218 e. The molecule has 0 bridgehead atoms. The van der Waals surface area contributed by atoms with Gasteiger partial charge in [0.25, 0.3) is 0 Å². The van der Waals surface area contributed by atoms with Crippen LogP contribution < -0.4 is 10.6 Å². The molecule has 26 heavy (non-hydrogen) atoms. The van der Waals surface area contributed by atoms with E-state index in [2.05, 4.69) is 28.8 Å². The largest absolute Gasteiger partial charge is 0.482 e. The van der Waals surface area contributed by atoms with Crippen LogP contribution in [0.5, 0.6) is 0 Å². The molecule has 1 aliphatic rings. The molecule has 0 saturated carbocycles. The van der Waals surface area contributed by atoms with Crippen molar-refractivity contribution in [3.05, 3.63) is 44.8 Å². The minimum atomic E-state index is -1.61. The van der Waals surface area contributed by atoms with E-state index >= 15 is 0 Å². The third-order valence-corrected chi connectivity index (χ3v) is 5.86. The molecule has 0 spiro atoms. The van der Waals surface area contributed by atoms with Gasteiger partial charge in [0.15, 0.2) is 0 Å². The first kappa shape index (κ1) is 18.1. The Morgan fingerprint density at radius 1 is 1.04 bits per heavy atom. The van der Waals surface area contributed by atoms with Gasteiger partial charge in [-0.3, -0.25) is 16.0 Å². The van der Waals surface area contributed by atoms with E-state index in [1.807, 2.05) is 21.5 Å². The van der Waals surface area contributed by atoms with Crippen LogP contribution in [0.25, 0.3) is 0 Å². The Bertz CT molecular complexity index is 904. The van der Waals surface area contributed by atoms with Crippen molar-refractivity contribution >= 4 is 28.6 Å². The quantitative estimate of drug-likeness (QED) is 0.552. The number of thiophene rings is 2. The minimum absolute atomic E-state index is 0.284. The van der Waals surface area contributed by atoms with E-state index in [9.17, 15) is 15.8 Å². The number of nitrogens with zero attached hydrogens (tertiary/aromatic N) is 3.